The van der Waals surface area contributed by atoms with Crippen LogP contribution in [0.25, 0.3) is 0 Å². The summed E-state index contributed by atoms with van der Waals surface area (Å²) in [5.41, 5.74) is 1.13. The second-order valence-electron chi connectivity index (χ2n) is 4.51. The summed E-state index contributed by atoms with van der Waals surface area (Å²) in [6, 6.07) is 4.06. The number of aryl methyl sites for hydroxylation is 1. The van der Waals surface area contributed by atoms with Gasteiger partial charge in [0.15, 0.2) is 0 Å². The summed E-state index contributed by atoms with van der Waals surface area (Å²) in [6.45, 7) is 4.99. The topological polar surface area (TPSA) is 34.0 Å². The van der Waals surface area contributed by atoms with Gasteiger partial charge in [-0.25, -0.2) is 0 Å². The monoisotopic (exact) mass is 252 g/mol. The molecule has 4 heteroatoms. The Balaban J connectivity index is 2.10. The first-order valence-electron chi connectivity index (χ1n) is 6.29. The molecule has 0 spiro atoms. The number of hydrogen-bond acceptors (Lipinski definition) is 3. The van der Waals surface area contributed by atoms with Crippen molar-refractivity contribution in [2.45, 2.75) is 44.5 Å². The van der Waals surface area contributed by atoms with Crippen molar-refractivity contribution >= 4 is 17.4 Å². The van der Waals surface area contributed by atoms with Gasteiger partial charge in [0.05, 0.1) is 5.69 Å². The number of nitrogens with zero attached hydrogens (tertiary/aromatic N) is 1. The van der Waals surface area contributed by atoms with Crippen molar-refractivity contribution < 1.29 is 0 Å². The van der Waals surface area contributed by atoms with Crippen LogP contribution in [-0.4, -0.2) is 21.6 Å². The Morgan fingerprint density at radius 2 is 2.35 bits per heavy atom. The quantitative estimate of drug-likeness (QED) is 0.897. The van der Waals surface area contributed by atoms with Gasteiger partial charge in [0, 0.05) is 30.1 Å². The van der Waals surface area contributed by atoms with Crippen molar-refractivity contribution in [2.24, 2.45) is 0 Å². The van der Waals surface area contributed by atoms with E-state index in [2.05, 4.69) is 12.2 Å². The molecule has 17 heavy (non-hydrogen) atoms. The van der Waals surface area contributed by atoms with Crippen LogP contribution in [0.5, 0.6) is 0 Å². The molecular weight excluding hydrogens is 232 g/mol. The first-order valence-corrected chi connectivity index (χ1v) is 7.34. The van der Waals surface area contributed by atoms with Crippen LogP contribution in [0.3, 0.4) is 0 Å². The van der Waals surface area contributed by atoms with Gasteiger partial charge in [0.1, 0.15) is 0 Å². The number of nitrogens with one attached hydrogen (secondary N) is 1. The Kier molecular flexibility index (Phi) is 4.15. The fourth-order valence-corrected chi connectivity index (χ4v) is 3.33. The Morgan fingerprint density at radius 3 is 3.06 bits per heavy atom. The number of thioether (sulfide) groups is 1. The number of pyridine rings is 1. The third kappa shape index (κ3) is 3.06. The van der Waals surface area contributed by atoms with Gasteiger partial charge in [-0.15, -0.1) is 0 Å². The number of hydrogen-bond donors (Lipinski definition) is 1. The van der Waals surface area contributed by atoms with Crippen molar-refractivity contribution in [2.75, 3.05) is 11.1 Å². The van der Waals surface area contributed by atoms with E-state index in [0.29, 0.717) is 11.3 Å². The minimum atomic E-state index is 0.0733. The predicted octanol–water partition coefficient (Wildman–Crippen LogP) is 2.56. The summed E-state index contributed by atoms with van der Waals surface area (Å²) >= 11 is 2.03. The average molecular weight is 252 g/mol. The van der Waals surface area contributed by atoms with Crippen LogP contribution in [0.2, 0.25) is 0 Å². The summed E-state index contributed by atoms with van der Waals surface area (Å²) in [5, 5.41) is 4.20. The van der Waals surface area contributed by atoms with Crippen molar-refractivity contribution in [1.82, 2.24) is 4.57 Å². The third-order valence-corrected chi connectivity index (χ3v) is 4.66. The van der Waals surface area contributed by atoms with E-state index in [0.717, 1.165) is 12.2 Å². The van der Waals surface area contributed by atoms with E-state index in [-0.39, 0.29) is 5.56 Å². The predicted molar refractivity (Wildman–Crippen MR) is 74.9 cm³/mol. The number of rotatable bonds is 3. The lowest BCUT2D eigenvalue weighted by molar-refractivity contribution is 0.615. The van der Waals surface area contributed by atoms with Gasteiger partial charge in [0.25, 0.3) is 5.56 Å². The van der Waals surface area contributed by atoms with E-state index in [1.54, 1.807) is 10.6 Å². The highest BCUT2D eigenvalue weighted by Crippen LogP contribution is 2.27. The molecule has 1 aromatic heterocycles. The van der Waals surface area contributed by atoms with Crippen LogP contribution in [0, 0.1) is 0 Å². The van der Waals surface area contributed by atoms with Crippen molar-refractivity contribution in [1.29, 1.82) is 0 Å². The van der Waals surface area contributed by atoms with Crippen LogP contribution in [0.15, 0.2) is 23.1 Å². The average Bonchev–Trinajstić information content (AvgIpc) is 2.34. The zero-order valence-corrected chi connectivity index (χ0v) is 11.3. The molecule has 2 heterocycles. The van der Waals surface area contributed by atoms with Crippen LogP contribution in [-0.2, 0) is 6.54 Å². The zero-order chi connectivity index (χ0) is 12.3. The molecule has 0 saturated carbocycles. The Labute approximate surface area is 107 Å². The summed E-state index contributed by atoms with van der Waals surface area (Å²) in [6.07, 6.45) is 4.42. The van der Waals surface area contributed by atoms with E-state index in [1.807, 2.05) is 30.9 Å². The summed E-state index contributed by atoms with van der Waals surface area (Å²) in [7, 11) is 0. The van der Waals surface area contributed by atoms with Crippen molar-refractivity contribution in [3.05, 3.63) is 28.7 Å². The molecule has 1 aliphatic heterocycles. The van der Waals surface area contributed by atoms with Gasteiger partial charge in [0.2, 0.25) is 0 Å². The van der Waals surface area contributed by atoms with Gasteiger partial charge >= 0.3 is 0 Å². The van der Waals surface area contributed by atoms with E-state index < -0.39 is 0 Å². The molecule has 0 radical (unpaired) electrons. The second kappa shape index (κ2) is 5.63. The molecule has 2 rings (SSSR count). The lowest BCUT2D eigenvalue weighted by Crippen LogP contribution is -2.33. The first kappa shape index (κ1) is 12.6. The largest absolute Gasteiger partial charge is 0.380 e. The maximum absolute atomic E-state index is 11.5. The molecule has 2 unspecified atom stereocenters. The zero-order valence-electron chi connectivity index (χ0n) is 10.5. The molecule has 1 aliphatic rings. The molecule has 94 valence electrons. The van der Waals surface area contributed by atoms with E-state index in [4.69, 9.17) is 0 Å². The molecule has 1 saturated heterocycles. The summed E-state index contributed by atoms with van der Waals surface area (Å²) in [4.78, 5) is 11.5. The minimum Gasteiger partial charge on any atom is -0.380 e. The van der Waals surface area contributed by atoms with Crippen LogP contribution in [0.1, 0.15) is 26.7 Å². The molecule has 1 fully saturated rings. The standard InChI is InChI=1S/C13H20N2OS/c1-3-15-9-11(6-7-13(15)16)14-12-5-4-8-17-10(12)2/h6-7,9-10,12,14H,3-5,8H2,1-2H3. The van der Waals surface area contributed by atoms with E-state index >= 15 is 0 Å². The molecular formula is C13H20N2OS. The third-order valence-electron chi connectivity index (χ3n) is 3.28. The van der Waals surface area contributed by atoms with Crippen LogP contribution in [0.4, 0.5) is 5.69 Å². The molecule has 1 N–H and O–H groups in total. The highest BCUT2D eigenvalue weighted by Gasteiger charge is 2.21. The Hall–Kier alpha value is -0.900. The van der Waals surface area contributed by atoms with Gasteiger partial charge < -0.3 is 9.88 Å². The molecule has 1 aromatic rings. The Bertz CT molecular complexity index is 430. The molecule has 0 amide bonds. The van der Waals surface area contributed by atoms with E-state index in [1.165, 1.54) is 18.6 Å². The molecule has 0 aromatic carbocycles. The second-order valence-corrected chi connectivity index (χ2v) is 6.00. The SMILES string of the molecule is CCn1cc(NC2CCCSC2C)ccc1=O. The number of anilines is 1. The van der Waals surface area contributed by atoms with Gasteiger partial charge in [-0.3, -0.25) is 4.79 Å². The molecule has 2 atom stereocenters. The van der Waals surface area contributed by atoms with Crippen LogP contribution < -0.4 is 10.9 Å². The lowest BCUT2D eigenvalue weighted by Gasteiger charge is -2.30. The Morgan fingerprint density at radius 1 is 1.53 bits per heavy atom. The molecule has 3 nitrogen and oxygen atoms in total. The minimum absolute atomic E-state index is 0.0733. The van der Waals surface area contributed by atoms with Crippen molar-refractivity contribution in [3.8, 4) is 0 Å². The molecule has 0 aliphatic carbocycles. The van der Waals surface area contributed by atoms with Gasteiger partial charge in [-0.1, -0.05) is 6.92 Å². The smallest absolute Gasteiger partial charge is 0.250 e. The van der Waals surface area contributed by atoms with Gasteiger partial charge in [-0.05, 0) is 31.6 Å². The summed E-state index contributed by atoms with van der Waals surface area (Å²) < 4.78 is 1.74. The van der Waals surface area contributed by atoms with E-state index in [9.17, 15) is 4.79 Å². The first-order chi connectivity index (χ1) is 8.20. The maximum atomic E-state index is 11.5. The fraction of sp³-hybridized carbons (Fsp3) is 0.615. The fourth-order valence-electron chi connectivity index (χ4n) is 2.19. The normalized spacial score (nSPS) is 24.6. The summed E-state index contributed by atoms with van der Waals surface area (Å²) in [5.74, 6) is 1.27. The lowest BCUT2D eigenvalue weighted by atomic mass is 10.1. The maximum Gasteiger partial charge on any atom is 0.250 e. The highest BCUT2D eigenvalue weighted by molar-refractivity contribution is 8.00. The highest BCUT2D eigenvalue weighted by atomic mass is 32.2. The molecule has 0 bridgehead atoms. The van der Waals surface area contributed by atoms with Crippen LogP contribution >= 0.6 is 11.8 Å². The van der Waals surface area contributed by atoms with Crippen molar-refractivity contribution in [3.63, 3.8) is 0 Å². The number of aromatic nitrogens is 1. The van der Waals surface area contributed by atoms with Gasteiger partial charge in [-0.2, -0.15) is 11.8 Å².